The molecule has 0 bridgehead atoms. The van der Waals surface area contributed by atoms with Crippen LogP contribution in [0.5, 0.6) is 5.75 Å². The van der Waals surface area contributed by atoms with Gasteiger partial charge in [-0.25, -0.2) is 4.79 Å². The summed E-state index contributed by atoms with van der Waals surface area (Å²) in [7, 11) is 1.26. The minimum Gasteiger partial charge on any atom is -0.480 e. The molecule has 1 N–H and O–H groups in total. The maximum Gasteiger partial charge on any atom is 0.343 e. The Morgan fingerprint density at radius 1 is 1.28 bits per heavy atom. The van der Waals surface area contributed by atoms with Crippen molar-refractivity contribution < 1.29 is 24.2 Å². The van der Waals surface area contributed by atoms with E-state index in [1.54, 1.807) is 13.0 Å². The van der Waals surface area contributed by atoms with Gasteiger partial charge in [0, 0.05) is 5.56 Å². The number of hydrogen-bond acceptors (Lipinski definition) is 5. The van der Waals surface area contributed by atoms with Gasteiger partial charge in [0.1, 0.15) is 10.8 Å². The fraction of sp³-hybridized carbons (Fsp3) is 0.556. The number of hydrogen-bond donors (Lipinski definition) is 1. The first-order chi connectivity index (χ1) is 11.7. The lowest BCUT2D eigenvalue weighted by atomic mass is 9.69. The number of aliphatic hydroxyl groups is 1. The van der Waals surface area contributed by atoms with Gasteiger partial charge < -0.3 is 14.6 Å². The largest absolute Gasteiger partial charge is 0.480 e. The lowest BCUT2D eigenvalue weighted by Crippen LogP contribution is -2.48. The molecule has 0 amide bonds. The van der Waals surface area contributed by atoms with Gasteiger partial charge in [0.25, 0.3) is 0 Å². The second-order valence-electron chi connectivity index (χ2n) is 6.98. The molecule has 1 aromatic rings. The average Bonchev–Trinajstić information content (AvgIpc) is 3.14. The van der Waals surface area contributed by atoms with Crippen LogP contribution in [0, 0.1) is 5.41 Å². The number of methoxy groups -OCH3 is 1. The second kappa shape index (κ2) is 6.45. The summed E-state index contributed by atoms with van der Waals surface area (Å²) < 4.78 is 9.92. The number of esters is 1. The molecule has 136 valence electrons. The molecule has 2 aliphatic rings. The molecule has 1 unspecified atom stereocenters. The Balaban J connectivity index is 1.97. The lowest BCUT2D eigenvalue weighted by Gasteiger charge is -2.38. The molecule has 2 aliphatic carbocycles. The molecule has 25 heavy (non-hydrogen) atoms. The number of ether oxygens (including phenoxy) is 2. The highest BCUT2D eigenvalue weighted by atomic mass is 35.5. The Morgan fingerprint density at radius 3 is 2.52 bits per heavy atom. The number of carbonyl (C=O) groups excluding carboxylic acids is 2. The third kappa shape index (κ3) is 2.82. The number of ketones is 1. The SMILES string of the molecule is COC(=O)COc1cc2c(c(Cl)c1Cl)C(=O)C(C)(C1(O)CCCC1)C2. The number of halogens is 2. The van der Waals surface area contributed by atoms with Crippen LogP contribution in [0.2, 0.25) is 10.0 Å². The minimum absolute atomic E-state index is 0.0836. The normalized spacial score (nSPS) is 24.3. The Labute approximate surface area is 156 Å². The van der Waals surface area contributed by atoms with Crippen molar-refractivity contribution in [3.63, 3.8) is 0 Å². The van der Waals surface area contributed by atoms with E-state index in [1.807, 2.05) is 0 Å². The van der Waals surface area contributed by atoms with Gasteiger partial charge in [0.2, 0.25) is 0 Å². The summed E-state index contributed by atoms with van der Waals surface area (Å²) in [6.07, 6.45) is 3.36. The van der Waals surface area contributed by atoms with Crippen molar-refractivity contribution in [3.8, 4) is 5.75 Å². The van der Waals surface area contributed by atoms with Crippen LogP contribution in [0.25, 0.3) is 0 Å². The van der Waals surface area contributed by atoms with E-state index in [9.17, 15) is 14.7 Å². The molecular weight excluding hydrogens is 367 g/mol. The van der Waals surface area contributed by atoms with Crippen molar-refractivity contribution in [2.45, 2.75) is 44.6 Å². The van der Waals surface area contributed by atoms with Crippen molar-refractivity contribution in [2.75, 3.05) is 13.7 Å². The van der Waals surface area contributed by atoms with E-state index < -0.39 is 17.0 Å². The van der Waals surface area contributed by atoms with Gasteiger partial charge >= 0.3 is 5.97 Å². The quantitative estimate of drug-likeness (QED) is 0.800. The average molecular weight is 387 g/mol. The first-order valence-electron chi connectivity index (χ1n) is 8.21. The number of carbonyl (C=O) groups is 2. The van der Waals surface area contributed by atoms with E-state index in [0.717, 1.165) is 12.8 Å². The van der Waals surface area contributed by atoms with Crippen LogP contribution in [-0.2, 0) is 16.0 Å². The van der Waals surface area contributed by atoms with E-state index in [2.05, 4.69) is 4.74 Å². The maximum absolute atomic E-state index is 13.1. The van der Waals surface area contributed by atoms with Crippen LogP contribution in [0.15, 0.2) is 6.07 Å². The standard InChI is InChI=1S/C18H20Cl2O5/c1-17(18(23)5-3-4-6-18)8-10-7-11(25-9-12(21)24-2)14(19)15(20)13(10)16(17)22/h7,23H,3-6,8-9H2,1-2H3. The second-order valence-corrected chi connectivity index (χ2v) is 7.73. The molecule has 1 aromatic carbocycles. The number of rotatable bonds is 4. The van der Waals surface area contributed by atoms with Crippen molar-refractivity contribution >= 4 is 35.0 Å². The summed E-state index contributed by atoms with van der Waals surface area (Å²) in [5, 5.41) is 11.2. The van der Waals surface area contributed by atoms with Gasteiger partial charge in [-0.3, -0.25) is 4.79 Å². The summed E-state index contributed by atoms with van der Waals surface area (Å²) in [6.45, 7) is 1.49. The van der Waals surface area contributed by atoms with Crippen LogP contribution < -0.4 is 4.74 Å². The molecule has 1 saturated carbocycles. The van der Waals surface area contributed by atoms with Crippen molar-refractivity contribution in [1.29, 1.82) is 0 Å². The van der Waals surface area contributed by atoms with Crippen LogP contribution in [0.1, 0.15) is 48.5 Å². The van der Waals surface area contributed by atoms with Crippen LogP contribution in [-0.4, -0.2) is 36.2 Å². The minimum atomic E-state index is -1.04. The van der Waals surface area contributed by atoms with Crippen LogP contribution in [0.4, 0.5) is 0 Å². The van der Waals surface area contributed by atoms with E-state index >= 15 is 0 Å². The molecule has 1 fully saturated rings. The van der Waals surface area contributed by atoms with E-state index in [1.165, 1.54) is 7.11 Å². The van der Waals surface area contributed by atoms with E-state index in [0.29, 0.717) is 30.4 Å². The molecule has 3 rings (SSSR count). The zero-order valence-corrected chi connectivity index (χ0v) is 15.7. The topological polar surface area (TPSA) is 72.8 Å². The third-order valence-corrected chi connectivity index (χ3v) is 6.41. The molecule has 0 saturated heterocycles. The zero-order chi connectivity index (χ0) is 18.4. The van der Waals surface area contributed by atoms with Gasteiger partial charge in [-0.05, 0) is 37.8 Å². The van der Waals surface area contributed by atoms with Crippen LogP contribution in [0.3, 0.4) is 0 Å². The summed E-state index contributed by atoms with van der Waals surface area (Å²) in [4.78, 5) is 24.4. The molecule has 0 spiro atoms. The number of benzene rings is 1. The summed E-state index contributed by atoms with van der Waals surface area (Å²) in [5.74, 6) is -0.501. The highest BCUT2D eigenvalue weighted by Gasteiger charge is 2.57. The molecule has 7 heteroatoms. The van der Waals surface area contributed by atoms with Gasteiger partial charge in [0.15, 0.2) is 12.4 Å². The molecule has 0 aromatic heterocycles. The van der Waals surface area contributed by atoms with Gasteiger partial charge in [-0.1, -0.05) is 36.0 Å². The fourth-order valence-corrected chi connectivity index (χ4v) is 4.47. The molecule has 5 nitrogen and oxygen atoms in total. The number of Topliss-reactive ketones (excluding diaryl/α,β-unsaturated/α-hetero) is 1. The van der Waals surface area contributed by atoms with Crippen molar-refractivity contribution in [2.24, 2.45) is 5.41 Å². The van der Waals surface area contributed by atoms with E-state index in [4.69, 9.17) is 27.9 Å². The Morgan fingerprint density at radius 2 is 1.92 bits per heavy atom. The Kier molecular flexibility index (Phi) is 4.77. The third-order valence-electron chi connectivity index (χ3n) is 5.56. The first-order valence-corrected chi connectivity index (χ1v) is 8.97. The molecule has 0 aliphatic heterocycles. The first kappa shape index (κ1) is 18.5. The van der Waals surface area contributed by atoms with Gasteiger partial charge in [0.05, 0.1) is 23.1 Å². The smallest absolute Gasteiger partial charge is 0.343 e. The van der Waals surface area contributed by atoms with Gasteiger partial charge in [-0.15, -0.1) is 0 Å². The highest BCUT2D eigenvalue weighted by Crippen LogP contribution is 2.54. The molecule has 0 radical (unpaired) electrons. The molecule has 1 atom stereocenters. The Bertz CT molecular complexity index is 739. The zero-order valence-electron chi connectivity index (χ0n) is 14.2. The highest BCUT2D eigenvalue weighted by molar-refractivity contribution is 6.45. The van der Waals surface area contributed by atoms with Gasteiger partial charge in [-0.2, -0.15) is 0 Å². The lowest BCUT2D eigenvalue weighted by molar-refractivity contribution is -0.142. The summed E-state index contributed by atoms with van der Waals surface area (Å²) >= 11 is 12.6. The Hall–Kier alpha value is -1.30. The maximum atomic E-state index is 13.1. The monoisotopic (exact) mass is 386 g/mol. The van der Waals surface area contributed by atoms with Crippen molar-refractivity contribution in [3.05, 3.63) is 27.2 Å². The summed E-state index contributed by atoms with van der Waals surface area (Å²) in [5.41, 5.74) is -0.937. The van der Waals surface area contributed by atoms with E-state index in [-0.39, 0.29) is 28.2 Å². The van der Waals surface area contributed by atoms with Crippen LogP contribution >= 0.6 is 23.2 Å². The molecule has 0 heterocycles. The predicted molar refractivity (Wildman–Crippen MR) is 93.5 cm³/mol. The summed E-state index contributed by atoms with van der Waals surface area (Å²) in [6, 6.07) is 1.63. The molecular formula is C18H20Cl2O5. The fourth-order valence-electron chi connectivity index (χ4n) is 3.96. The predicted octanol–water partition coefficient (Wildman–Crippen LogP) is 3.60. The number of fused-ring (bicyclic) bond motifs is 1. The van der Waals surface area contributed by atoms with Crippen molar-refractivity contribution in [1.82, 2.24) is 0 Å².